The summed E-state index contributed by atoms with van der Waals surface area (Å²) in [6.45, 7) is 2.25. The topological polar surface area (TPSA) is 69.0 Å². The first-order valence-corrected chi connectivity index (χ1v) is 10.2. The van der Waals surface area contributed by atoms with E-state index >= 15 is 0 Å². The molecule has 0 radical (unpaired) electrons. The highest BCUT2D eigenvalue weighted by Crippen LogP contribution is 2.21. The van der Waals surface area contributed by atoms with Crippen molar-refractivity contribution in [2.24, 2.45) is 0 Å². The first-order valence-electron chi connectivity index (χ1n) is 9.82. The minimum Gasteiger partial charge on any atom is -0.484 e. The second kappa shape index (κ2) is 9.45. The van der Waals surface area contributed by atoms with Crippen molar-refractivity contribution in [1.29, 1.82) is 0 Å². The minimum absolute atomic E-state index is 0.165. The van der Waals surface area contributed by atoms with Crippen molar-refractivity contribution >= 4 is 23.5 Å². The smallest absolute Gasteiger partial charge is 0.287 e. The molecule has 0 fully saturated rings. The number of nitrogens with zero attached hydrogens (tertiary/aromatic N) is 3. The average Bonchev–Trinajstić information content (AvgIpc) is 3.22. The highest BCUT2D eigenvalue weighted by molar-refractivity contribution is 6.31. The maximum Gasteiger partial charge on any atom is 0.287 e. The quantitative estimate of drug-likeness (QED) is 0.432. The highest BCUT2D eigenvalue weighted by Gasteiger charge is 2.18. The lowest BCUT2D eigenvalue weighted by Crippen LogP contribution is -2.22. The molecule has 0 aliphatic carbocycles. The van der Waals surface area contributed by atoms with Crippen molar-refractivity contribution in [2.75, 3.05) is 11.9 Å². The zero-order chi connectivity index (χ0) is 21.6. The normalized spacial score (nSPS) is 10.6. The van der Waals surface area contributed by atoms with Gasteiger partial charge in [-0.1, -0.05) is 77.8 Å². The largest absolute Gasteiger partial charge is 0.484 e. The standard InChI is InChI=1S/C24H21ClN4O2/c1-17-11-13-18(14-12-17)23-27-24(26-15-19-7-5-6-10-21(19)25)29(28-23)22(30)16-31-20-8-3-2-4-9-20/h2-14H,15-16H2,1H3,(H,26,27,28). The molecular weight excluding hydrogens is 412 g/mol. The molecule has 0 saturated heterocycles. The maximum absolute atomic E-state index is 12.9. The molecule has 0 spiro atoms. The number of hydrogen-bond donors (Lipinski definition) is 1. The fourth-order valence-electron chi connectivity index (χ4n) is 2.96. The van der Waals surface area contributed by atoms with E-state index in [2.05, 4.69) is 15.4 Å². The van der Waals surface area contributed by atoms with Gasteiger partial charge >= 0.3 is 0 Å². The Hall–Kier alpha value is -3.64. The molecule has 4 aromatic rings. The number of nitrogens with one attached hydrogen (secondary N) is 1. The average molecular weight is 433 g/mol. The molecule has 6 nitrogen and oxygen atoms in total. The van der Waals surface area contributed by atoms with Crippen LogP contribution < -0.4 is 10.1 Å². The molecule has 0 saturated carbocycles. The molecule has 156 valence electrons. The number of benzene rings is 3. The summed E-state index contributed by atoms with van der Waals surface area (Å²) < 4.78 is 6.85. The van der Waals surface area contributed by atoms with E-state index in [9.17, 15) is 4.79 Å². The Morgan fingerprint density at radius 1 is 1.00 bits per heavy atom. The summed E-state index contributed by atoms with van der Waals surface area (Å²) in [7, 11) is 0. The number of rotatable bonds is 7. The van der Waals surface area contributed by atoms with E-state index in [-0.39, 0.29) is 12.5 Å². The number of carbonyl (C=O) groups excluding carboxylic acids is 1. The fourth-order valence-corrected chi connectivity index (χ4v) is 3.17. The number of ether oxygens (including phenoxy) is 1. The van der Waals surface area contributed by atoms with E-state index in [0.717, 1.165) is 16.7 Å². The first-order chi connectivity index (χ1) is 15.1. The van der Waals surface area contributed by atoms with Crippen LogP contribution in [0.5, 0.6) is 5.75 Å². The summed E-state index contributed by atoms with van der Waals surface area (Å²) in [6.07, 6.45) is 0. The summed E-state index contributed by atoms with van der Waals surface area (Å²) >= 11 is 6.26. The molecule has 0 aliphatic rings. The van der Waals surface area contributed by atoms with Gasteiger partial charge in [-0.25, -0.2) is 0 Å². The molecule has 7 heteroatoms. The van der Waals surface area contributed by atoms with Crippen LogP contribution in [-0.4, -0.2) is 27.3 Å². The number of para-hydroxylation sites is 1. The summed E-state index contributed by atoms with van der Waals surface area (Å²) in [5, 5.41) is 8.25. The summed E-state index contributed by atoms with van der Waals surface area (Å²) in [5.41, 5.74) is 2.85. The molecule has 1 heterocycles. The summed E-state index contributed by atoms with van der Waals surface area (Å²) in [6, 6.07) is 24.5. The monoisotopic (exact) mass is 432 g/mol. The molecular formula is C24H21ClN4O2. The van der Waals surface area contributed by atoms with Gasteiger partial charge in [0, 0.05) is 17.1 Å². The van der Waals surface area contributed by atoms with Crippen molar-refractivity contribution in [1.82, 2.24) is 14.8 Å². The van der Waals surface area contributed by atoms with Gasteiger partial charge in [-0.15, -0.1) is 5.10 Å². The Balaban J connectivity index is 1.58. The number of aryl methyl sites for hydroxylation is 1. The number of halogens is 1. The van der Waals surface area contributed by atoms with Crippen LogP contribution in [0.15, 0.2) is 78.9 Å². The number of anilines is 1. The molecule has 1 N–H and O–H groups in total. The molecule has 0 atom stereocenters. The van der Waals surface area contributed by atoms with Crippen molar-refractivity contribution in [2.45, 2.75) is 13.5 Å². The van der Waals surface area contributed by atoms with Gasteiger partial charge in [0.05, 0.1) is 0 Å². The third kappa shape index (κ3) is 5.10. The van der Waals surface area contributed by atoms with Gasteiger partial charge in [0.15, 0.2) is 12.4 Å². The Morgan fingerprint density at radius 3 is 2.45 bits per heavy atom. The van der Waals surface area contributed by atoms with Gasteiger partial charge in [-0.05, 0) is 30.7 Å². The SMILES string of the molecule is Cc1ccc(-c2nc(NCc3ccccc3Cl)n(C(=O)COc3ccccc3)n2)cc1. The second-order valence-electron chi connectivity index (χ2n) is 6.98. The lowest BCUT2D eigenvalue weighted by molar-refractivity contribution is 0.0824. The predicted molar refractivity (Wildman–Crippen MR) is 122 cm³/mol. The van der Waals surface area contributed by atoms with E-state index < -0.39 is 0 Å². The maximum atomic E-state index is 12.9. The molecule has 4 rings (SSSR count). The van der Waals surface area contributed by atoms with E-state index in [1.165, 1.54) is 4.68 Å². The van der Waals surface area contributed by atoms with Gasteiger partial charge in [0.2, 0.25) is 5.95 Å². The van der Waals surface area contributed by atoms with Gasteiger partial charge in [-0.2, -0.15) is 9.67 Å². The van der Waals surface area contributed by atoms with Crippen molar-refractivity contribution in [3.05, 3.63) is 95.0 Å². The van der Waals surface area contributed by atoms with Crippen molar-refractivity contribution in [3.8, 4) is 17.1 Å². The van der Waals surface area contributed by atoms with Crippen molar-refractivity contribution < 1.29 is 9.53 Å². The lowest BCUT2D eigenvalue weighted by Gasteiger charge is -2.09. The van der Waals surface area contributed by atoms with Crippen LogP contribution in [0, 0.1) is 6.92 Å². The highest BCUT2D eigenvalue weighted by atomic mass is 35.5. The third-order valence-corrected chi connectivity index (χ3v) is 5.02. The zero-order valence-corrected chi connectivity index (χ0v) is 17.7. The van der Waals surface area contributed by atoms with Gasteiger partial charge in [0.25, 0.3) is 5.91 Å². The van der Waals surface area contributed by atoms with Gasteiger partial charge in [-0.3, -0.25) is 4.79 Å². The van der Waals surface area contributed by atoms with E-state index in [1.54, 1.807) is 12.1 Å². The third-order valence-electron chi connectivity index (χ3n) is 4.65. The Kier molecular flexibility index (Phi) is 6.29. The first kappa shape index (κ1) is 20.6. The van der Waals surface area contributed by atoms with Crippen LogP contribution in [-0.2, 0) is 6.54 Å². The van der Waals surface area contributed by atoms with Crippen LogP contribution in [0.25, 0.3) is 11.4 Å². The number of carbonyl (C=O) groups is 1. The molecule has 31 heavy (non-hydrogen) atoms. The predicted octanol–water partition coefficient (Wildman–Crippen LogP) is 5.24. The Labute approximate surface area is 185 Å². The lowest BCUT2D eigenvalue weighted by atomic mass is 10.1. The van der Waals surface area contributed by atoms with E-state index in [0.29, 0.717) is 29.1 Å². The molecule has 0 aliphatic heterocycles. The van der Waals surface area contributed by atoms with E-state index in [1.807, 2.05) is 73.7 Å². The molecule has 0 bridgehead atoms. The Morgan fingerprint density at radius 2 is 1.71 bits per heavy atom. The molecule has 0 amide bonds. The molecule has 0 unspecified atom stereocenters. The van der Waals surface area contributed by atoms with Crippen LogP contribution in [0.3, 0.4) is 0 Å². The summed E-state index contributed by atoms with van der Waals surface area (Å²) in [4.78, 5) is 17.4. The van der Waals surface area contributed by atoms with Gasteiger partial charge < -0.3 is 10.1 Å². The molecule has 1 aromatic heterocycles. The van der Waals surface area contributed by atoms with Crippen molar-refractivity contribution in [3.63, 3.8) is 0 Å². The molecule has 3 aromatic carbocycles. The summed E-state index contributed by atoms with van der Waals surface area (Å²) in [5.74, 6) is 1.06. The number of aromatic nitrogens is 3. The van der Waals surface area contributed by atoms with Gasteiger partial charge in [0.1, 0.15) is 5.75 Å². The minimum atomic E-state index is -0.337. The fraction of sp³-hybridized carbons (Fsp3) is 0.125. The zero-order valence-electron chi connectivity index (χ0n) is 17.0. The van der Waals surface area contributed by atoms with Crippen LogP contribution in [0.1, 0.15) is 15.9 Å². The second-order valence-corrected chi connectivity index (χ2v) is 7.38. The van der Waals surface area contributed by atoms with Crippen LogP contribution in [0.2, 0.25) is 5.02 Å². The Bertz CT molecular complexity index is 1170. The van der Waals surface area contributed by atoms with E-state index in [4.69, 9.17) is 16.3 Å². The number of hydrogen-bond acceptors (Lipinski definition) is 5. The van der Waals surface area contributed by atoms with Crippen LogP contribution in [0.4, 0.5) is 5.95 Å². The van der Waals surface area contributed by atoms with Crippen LogP contribution >= 0.6 is 11.6 Å².